The van der Waals surface area contributed by atoms with Crippen LogP contribution in [0.15, 0.2) is 12.3 Å². The van der Waals surface area contributed by atoms with Crippen LogP contribution in [0, 0.1) is 11.3 Å². The van der Waals surface area contributed by atoms with Crippen molar-refractivity contribution in [1.82, 2.24) is 4.98 Å². The highest BCUT2D eigenvalue weighted by Gasteiger charge is 2.14. The minimum Gasteiger partial charge on any atom is -0.466 e. The fourth-order valence-electron chi connectivity index (χ4n) is 1.21. The molecule has 0 saturated heterocycles. The lowest BCUT2D eigenvalue weighted by Crippen LogP contribution is -2.10. The van der Waals surface area contributed by atoms with Crippen molar-refractivity contribution in [3.8, 4) is 6.07 Å². The van der Waals surface area contributed by atoms with Gasteiger partial charge in [0.1, 0.15) is 6.07 Å². The van der Waals surface area contributed by atoms with Gasteiger partial charge in [0, 0.05) is 11.8 Å². The van der Waals surface area contributed by atoms with E-state index >= 15 is 0 Å². The predicted octanol–water partition coefficient (Wildman–Crippen LogP) is 2.00. The standard InChI is InChI=1S/C11H10F2N2O2/c1-2-17-10(16)4-9-7(5-14)3-8(6-15-9)11(12)13/h3,6,11H,2,4H2,1H3. The Kier molecular flexibility index (Phi) is 4.52. The van der Waals surface area contributed by atoms with Crippen LogP contribution in [-0.4, -0.2) is 17.6 Å². The maximum absolute atomic E-state index is 12.4. The number of hydrogen-bond acceptors (Lipinski definition) is 4. The summed E-state index contributed by atoms with van der Waals surface area (Å²) in [6, 6.07) is 2.77. The molecule has 6 heteroatoms. The Bertz CT molecular complexity index is 455. The van der Waals surface area contributed by atoms with Crippen LogP contribution in [-0.2, 0) is 16.0 Å². The zero-order chi connectivity index (χ0) is 12.8. The summed E-state index contributed by atoms with van der Waals surface area (Å²) in [7, 11) is 0. The topological polar surface area (TPSA) is 63.0 Å². The van der Waals surface area contributed by atoms with E-state index in [9.17, 15) is 13.6 Å². The first-order valence-corrected chi connectivity index (χ1v) is 4.91. The van der Waals surface area contributed by atoms with Crippen LogP contribution in [0.3, 0.4) is 0 Å². The van der Waals surface area contributed by atoms with E-state index in [4.69, 9.17) is 5.26 Å². The van der Waals surface area contributed by atoms with Crippen molar-refractivity contribution in [1.29, 1.82) is 5.26 Å². The highest BCUT2D eigenvalue weighted by atomic mass is 19.3. The second kappa shape index (κ2) is 5.89. The van der Waals surface area contributed by atoms with E-state index in [1.807, 2.05) is 0 Å². The van der Waals surface area contributed by atoms with Crippen LogP contribution < -0.4 is 0 Å². The SMILES string of the molecule is CCOC(=O)Cc1ncc(C(F)F)cc1C#N. The molecule has 0 atom stereocenters. The van der Waals surface area contributed by atoms with Crippen LogP contribution in [0.2, 0.25) is 0 Å². The molecular weight excluding hydrogens is 230 g/mol. The molecule has 1 aromatic heterocycles. The monoisotopic (exact) mass is 240 g/mol. The molecule has 90 valence electrons. The lowest BCUT2D eigenvalue weighted by Gasteiger charge is -2.05. The van der Waals surface area contributed by atoms with E-state index in [0.717, 1.165) is 12.3 Å². The van der Waals surface area contributed by atoms with E-state index in [1.165, 1.54) is 0 Å². The van der Waals surface area contributed by atoms with Gasteiger partial charge in [-0.25, -0.2) is 8.78 Å². The molecule has 0 aliphatic heterocycles. The molecule has 1 rings (SSSR count). The molecule has 0 fully saturated rings. The molecule has 0 amide bonds. The van der Waals surface area contributed by atoms with Gasteiger partial charge in [-0.15, -0.1) is 0 Å². The third kappa shape index (κ3) is 3.48. The molecule has 0 aliphatic rings. The Balaban J connectivity index is 2.94. The van der Waals surface area contributed by atoms with Crippen molar-refractivity contribution in [3.63, 3.8) is 0 Å². The quantitative estimate of drug-likeness (QED) is 0.755. The Morgan fingerprint density at radius 3 is 2.88 bits per heavy atom. The molecule has 1 aromatic rings. The summed E-state index contributed by atoms with van der Waals surface area (Å²) < 4.78 is 29.4. The van der Waals surface area contributed by atoms with Crippen LogP contribution >= 0.6 is 0 Å². The third-order valence-electron chi connectivity index (χ3n) is 1.98. The van der Waals surface area contributed by atoms with Gasteiger partial charge in [0.05, 0.1) is 24.3 Å². The smallest absolute Gasteiger partial charge is 0.311 e. The van der Waals surface area contributed by atoms with Crippen molar-refractivity contribution in [2.45, 2.75) is 19.8 Å². The Labute approximate surface area is 96.8 Å². The summed E-state index contributed by atoms with van der Waals surface area (Å²) in [5.41, 5.74) is -0.222. The first-order chi connectivity index (χ1) is 8.08. The summed E-state index contributed by atoms with van der Waals surface area (Å²) in [6.45, 7) is 1.87. The van der Waals surface area contributed by atoms with Gasteiger partial charge < -0.3 is 4.74 Å². The van der Waals surface area contributed by atoms with Gasteiger partial charge in [-0.3, -0.25) is 9.78 Å². The number of rotatable bonds is 4. The Hall–Kier alpha value is -2.03. The fraction of sp³-hybridized carbons (Fsp3) is 0.364. The van der Waals surface area contributed by atoms with Gasteiger partial charge in [0.2, 0.25) is 0 Å². The van der Waals surface area contributed by atoms with E-state index in [0.29, 0.717) is 0 Å². The second-order valence-electron chi connectivity index (χ2n) is 3.16. The van der Waals surface area contributed by atoms with Gasteiger partial charge >= 0.3 is 5.97 Å². The zero-order valence-electron chi connectivity index (χ0n) is 9.11. The summed E-state index contributed by atoms with van der Waals surface area (Å²) in [5.74, 6) is -0.540. The first kappa shape index (κ1) is 13.0. The molecule has 0 saturated carbocycles. The number of nitrogens with zero attached hydrogens (tertiary/aromatic N) is 2. The second-order valence-corrected chi connectivity index (χ2v) is 3.16. The van der Waals surface area contributed by atoms with E-state index in [1.54, 1.807) is 13.0 Å². The number of carbonyl (C=O) groups is 1. The minimum absolute atomic E-state index is 0.0316. The number of nitriles is 1. The van der Waals surface area contributed by atoms with E-state index in [2.05, 4.69) is 9.72 Å². The number of hydrogen-bond donors (Lipinski definition) is 0. The largest absolute Gasteiger partial charge is 0.466 e. The van der Waals surface area contributed by atoms with Gasteiger partial charge in [-0.2, -0.15) is 5.26 Å². The first-order valence-electron chi connectivity index (χ1n) is 4.91. The number of alkyl halides is 2. The van der Waals surface area contributed by atoms with Gasteiger partial charge in [0.15, 0.2) is 0 Å². The zero-order valence-corrected chi connectivity index (χ0v) is 9.11. The van der Waals surface area contributed by atoms with Gasteiger partial charge in [-0.05, 0) is 13.0 Å². The molecule has 0 aromatic carbocycles. The summed E-state index contributed by atoms with van der Waals surface area (Å²) in [4.78, 5) is 14.9. The molecule has 0 N–H and O–H groups in total. The summed E-state index contributed by atoms with van der Waals surface area (Å²) in [5, 5.41) is 8.78. The molecule has 0 spiro atoms. The lowest BCUT2D eigenvalue weighted by atomic mass is 10.1. The molecule has 0 aliphatic carbocycles. The average molecular weight is 240 g/mol. The van der Waals surface area contributed by atoms with E-state index < -0.39 is 12.4 Å². The summed E-state index contributed by atoms with van der Waals surface area (Å²) >= 11 is 0. The van der Waals surface area contributed by atoms with Crippen molar-refractivity contribution in [2.75, 3.05) is 6.61 Å². The fourth-order valence-corrected chi connectivity index (χ4v) is 1.21. The highest BCUT2D eigenvalue weighted by molar-refractivity contribution is 5.72. The molecule has 4 nitrogen and oxygen atoms in total. The molecular formula is C11H10F2N2O2. The number of ether oxygens (including phenoxy) is 1. The van der Waals surface area contributed by atoms with Crippen molar-refractivity contribution in [3.05, 3.63) is 29.1 Å². The van der Waals surface area contributed by atoms with Crippen LogP contribution in [0.5, 0.6) is 0 Å². The number of aromatic nitrogens is 1. The van der Waals surface area contributed by atoms with Crippen LogP contribution in [0.4, 0.5) is 8.78 Å². The van der Waals surface area contributed by atoms with Crippen LogP contribution in [0.25, 0.3) is 0 Å². The summed E-state index contributed by atoms with van der Waals surface area (Å²) in [6.07, 6.45) is -1.92. The molecule has 0 bridgehead atoms. The molecule has 1 heterocycles. The molecule has 0 radical (unpaired) electrons. The maximum Gasteiger partial charge on any atom is 0.311 e. The number of halogens is 2. The molecule has 17 heavy (non-hydrogen) atoms. The van der Waals surface area contributed by atoms with Gasteiger partial charge in [0.25, 0.3) is 6.43 Å². The van der Waals surface area contributed by atoms with Crippen LogP contribution in [0.1, 0.15) is 30.2 Å². The van der Waals surface area contributed by atoms with Crippen molar-refractivity contribution >= 4 is 5.97 Å². The van der Waals surface area contributed by atoms with Gasteiger partial charge in [-0.1, -0.05) is 0 Å². The third-order valence-corrected chi connectivity index (χ3v) is 1.98. The Morgan fingerprint density at radius 2 is 2.35 bits per heavy atom. The van der Waals surface area contributed by atoms with Crippen molar-refractivity contribution in [2.24, 2.45) is 0 Å². The van der Waals surface area contributed by atoms with Crippen molar-refractivity contribution < 1.29 is 18.3 Å². The maximum atomic E-state index is 12.4. The Morgan fingerprint density at radius 1 is 1.65 bits per heavy atom. The number of carbonyl (C=O) groups excluding carboxylic acids is 1. The number of esters is 1. The number of pyridine rings is 1. The van der Waals surface area contributed by atoms with E-state index in [-0.39, 0.29) is 29.8 Å². The highest BCUT2D eigenvalue weighted by Crippen LogP contribution is 2.20. The molecule has 0 unspecified atom stereocenters. The predicted molar refractivity (Wildman–Crippen MR) is 54.2 cm³/mol. The minimum atomic E-state index is -2.69. The lowest BCUT2D eigenvalue weighted by molar-refractivity contribution is -0.142. The normalized spacial score (nSPS) is 10.1. The average Bonchev–Trinajstić information content (AvgIpc) is 2.29.